The number of nitrogens with zero attached hydrogens (tertiary/aromatic N) is 1. The fourth-order valence-electron chi connectivity index (χ4n) is 3.00. The number of ether oxygens (including phenoxy) is 1. The van der Waals surface area contributed by atoms with Gasteiger partial charge >= 0.3 is 18.1 Å². The summed E-state index contributed by atoms with van der Waals surface area (Å²) in [4.78, 5) is 25.6. The lowest BCUT2D eigenvalue weighted by atomic mass is 9.84. The van der Waals surface area contributed by atoms with Crippen molar-refractivity contribution >= 4 is 11.9 Å². The lowest BCUT2D eigenvalue weighted by Gasteiger charge is -2.43. The van der Waals surface area contributed by atoms with Crippen molar-refractivity contribution in [1.82, 2.24) is 4.90 Å². The first-order valence-electron chi connectivity index (χ1n) is 7.82. The van der Waals surface area contributed by atoms with Crippen LogP contribution in [-0.4, -0.2) is 35.6 Å². The number of carbonyl (C=O) groups is 2. The first-order chi connectivity index (χ1) is 11.2. The van der Waals surface area contributed by atoms with Gasteiger partial charge in [0.15, 0.2) is 6.61 Å². The maximum absolute atomic E-state index is 12.4. The number of hydrogen-bond donors (Lipinski definition) is 0. The normalized spacial score (nSPS) is 24.5. The summed E-state index contributed by atoms with van der Waals surface area (Å²) in [5.41, 5.74) is 0.855. The third-order valence-electron chi connectivity index (χ3n) is 4.45. The third kappa shape index (κ3) is 4.27. The van der Waals surface area contributed by atoms with Gasteiger partial charge in [-0.25, -0.2) is 4.79 Å². The van der Waals surface area contributed by atoms with Gasteiger partial charge < -0.3 is 9.64 Å². The van der Waals surface area contributed by atoms with Gasteiger partial charge in [0.1, 0.15) is 0 Å². The summed E-state index contributed by atoms with van der Waals surface area (Å²) in [7, 11) is 0. The van der Waals surface area contributed by atoms with Crippen LogP contribution in [0.3, 0.4) is 0 Å². The summed E-state index contributed by atoms with van der Waals surface area (Å²) >= 11 is 0. The van der Waals surface area contributed by atoms with Crippen LogP contribution in [0.25, 0.3) is 0 Å². The number of piperidine rings is 1. The molecule has 0 N–H and O–H groups in total. The van der Waals surface area contributed by atoms with Crippen LogP contribution in [0.2, 0.25) is 0 Å². The van der Waals surface area contributed by atoms with E-state index in [1.807, 2.05) is 37.3 Å². The van der Waals surface area contributed by atoms with Gasteiger partial charge in [-0.1, -0.05) is 37.3 Å². The van der Waals surface area contributed by atoms with Crippen LogP contribution >= 0.6 is 0 Å². The molecule has 24 heavy (non-hydrogen) atoms. The molecule has 1 saturated heterocycles. The zero-order valence-electron chi connectivity index (χ0n) is 13.5. The lowest BCUT2D eigenvalue weighted by molar-refractivity contribution is -0.191. The van der Waals surface area contributed by atoms with Crippen LogP contribution in [0.5, 0.6) is 0 Å². The number of likely N-dealkylation sites (tertiary alicyclic amines) is 1. The van der Waals surface area contributed by atoms with Gasteiger partial charge in [-0.3, -0.25) is 4.79 Å². The number of hydrogen-bond acceptors (Lipinski definition) is 3. The maximum atomic E-state index is 12.4. The predicted molar refractivity (Wildman–Crippen MR) is 80.9 cm³/mol. The fraction of sp³-hybridized carbons (Fsp3) is 0.529. The van der Waals surface area contributed by atoms with Crippen molar-refractivity contribution in [3.05, 3.63) is 35.9 Å². The molecule has 0 saturated carbocycles. The molecule has 1 aromatic carbocycles. The predicted octanol–water partition coefficient (Wildman–Crippen LogP) is 3.48. The Hall–Kier alpha value is -2.05. The van der Waals surface area contributed by atoms with E-state index in [2.05, 4.69) is 4.74 Å². The minimum Gasteiger partial charge on any atom is -0.449 e. The molecule has 1 amide bonds. The second-order valence-corrected chi connectivity index (χ2v) is 6.13. The fourth-order valence-corrected chi connectivity index (χ4v) is 3.00. The van der Waals surface area contributed by atoms with Crippen molar-refractivity contribution in [3.8, 4) is 0 Å². The Kier molecular flexibility index (Phi) is 5.51. The van der Waals surface area contributed by atoms with E-state index in [-0.39, 0.29) is 18.0 Å². The molecule has 1 fully saturated rings. The zero-order chi connectivity index (χ0) is 17.9. The van der Waals surface area contributed by atoms with Gasteiger partial charge in [0.05, 0.1) is 6.04 Å². The van der Waals surface area contributed by atoms with Gasteiger partial charge in [-0.05, 0) is 31.2 Å². The Morgan fingerprint density at radius 1 is 1.17 bits per heavy atom. The standard InChI is InChI=1S/C17H20F3NO3/c1-11-8-9-14(13-6-4-3-5-7-13)21(12(11)2)15(22)16(23)24-10-17(18,19)20/h3-7,11-12,14H,8-10H2,1-2H3. The summed E-state index contributed by atoms with van der Waals surface area (Å²) in [5.74, 6) is -2.34. The molecular weight excluding hydrogens is 323 g/mol. The Morgan fingerprint density at radius 3 is 2.38 bits per heavy atom. The summed E-state index contributed by atoms with van der Waals surface area (Å²) in [6.07, 6.45) is -3.15. The Bertz CT molecular complexity index is 588. The maximum Gasteiger partial charge on any atom is 0.422 e. The zero-order valence-corrected chi connectivity index (χ0v) is 13.5. The second-order valence-electron chi connectivity index (χ2n) is 6.13. The molecule has 3 atom stereocenters. The molecule has 1 aliphatic rings. The molecule has 0 aromatic heterocycles. The largest absolute Gasteiger partial charge is 0.449 e. The van der Waals surface area contributed by atoms with Crippen LogP contribution < -0.4 is 0 Å². The van der Waals surface area contributed by atoms with E-state index in [1.54, 1.807) is 6.92 Å². The molecule has 1 aliphatic heterocycles. The molecule has 4 nitrogen and oxygen atoms in total. The molecule has 3 unspecified atom stereocenters. The number of carbonyl (C=O) groups excluding carboxylic acids is 2. The SMILES string of the molecule is CC1CCC(c2ccccc2)N(C(=O)C(=O)OCC(F)(F)F)C1C. The smallest absolute Gasteiger partial charge is 0.422 e. The number of rotatable bonds is 2. The minimum absolute atomic E-state index is 0.143. The topological polar surface area (TPSA) is 46.6 Å². The molecule has 7 heteroatoms. The van der Waals surface area contributed by atoms with E-state index in [9.17, 15) is 22.8 Å². The first kappa shape index (κ1) is 18.3. The van der Waals surface area contributed by atoms with Gasteiger partial charge in [0.2, 0.25) is 0 Å². The molecular formula is C17H20F3NO3. The van der Waals surface area contributed by atoms with E-state index >= 15 is 0 Å². The van der Waals surface area contributed by atoms with Crippen molar-refractivity contribution in [2.45, 2.75) is 44.9 Å². The van der Waals surface area contributed by atoms with Crippen molar-refractivity contribution in [2.24, 2.45) is 5.92 Å². The molecule has 132 valence electrons. The second kappa shape index (κ2) is 7.23. The number of alkyl halides is 3. The molecule has 0 spiro atoms. The Morgan fingerprint density at radius 2 is 1.79 bits per heavy atom. The Labute approximate surface area is 138 Å². The van der Waals surface area contributed by atoms with Crippen LogP contribution in [0.4, 0.5) is 13.2 Å². The van der Waals surface area contributed by atoms with E-state index in [4.69, 9.17) is 0 Å². The van der Waals surface area contributed by atoms with E-state index < -0.39 is 24.7 Å². The summed E-state index contributed by atoms with van der Waals surface area (Å²) in [5, 5.41) is 0. The van der Waals surface area contributed by atoms with Crippen molar-refractivity contribution < 1.29 is 27.5 Å². The average molecular weight is 343 g/mol. The highest BCUT2D eigenvalue weighted by molar-refractivity contribution is 6.32. The molecule has 0 aliphatic carbocycles. The van der Waals surface area contributed by atoms with Crippen molar-refractivity contribution in [2.75, 3.05) is 6.61 Å². The van der Waals surface area contributed by atoms with Crippen molar-refractivity contribution in [3.63, 3.8) is 0 Å². The van der Waals surface area contributed by atoms with Gasteiger partial charge in [0, 0.05) is 6.04 Å². The van der Waals surface area contributed by atoms with E-state index in [0.717, 1.165) is 12.0 Å². The van der Waals surface area contributed by atoms with Crippen LogP contribution in [0.15, 0.2) is 30.3 Å². The molecule has 0 bridgehead atoms. The third-order valence-corrected chi connectivity index (χ3v) is 4.45. The first-order valence-corrected chi connectivity index (χ1v) is 7.82. The van der Waals surface area contributed by atoms with Crippen LogP contribution in [0, 0.1) is 5.92 Å². The number of halogens is 3. The van der Waals surface area contributed by atoms with E-state index in [1.165, 1.54) is 4.90 Å². The summed E-state index contributed by atoms with van der Waals surface area (Å²) in [6.45, 7) is 1.99. The highest BCUT2D eigenvalue weighted by Gasteiger charge is 2.40. The monoisotopic (exact) mass is 343 g/mol. The number of esters is 1. The van der Waals surface area contributed by atoms with E-state index in [0.29, 0.717) is 6.42 Å². The number of benzene rings is 1. The van der Waals surface area contributed by atoms with Gasteiger partial charge in [0.25, 0.3) is 0 Å². The van der Waals surface area contributed by atoms with Crippen molar-refractivity contribution in [1.29, 1.82) is 0 Å². The number of amides is 1. The molecule has 2 rings (SSSR count). The average Bonchev–Trinajstić information content (AvgIpc) is 2.54. The van der Waals surface area contributed by atoms with Crippen LogP contribution in [-0.2, 0) is 14.3 Å². The molecule has 1 heterocycles. The highest BCUT2D eigenvalue weighted by Crippen LogP contribution is 2.37. The van der Waals surface area contributed by atoms with Gasteiger partial charge in [-0.15, -0.1) is 0 Å². The van der Waals surface area contributed by atoms with Gasteiger partial charge in [-0.2, -0.15) is 13.2 Å². The quantitative estimate of drug-likeness (QED) is 0.610. The Balaban J connectivity index is 2.20. The summed E-state index contributed by atoms with van der Waals surface area (Å²) in [6, 6.07) is 8.55. The molecule has 0 radical (unpaired) electrons. The lowest BCUT2D eigenvalue weighted by Crippen LogP contribution is -2.51. The minimum atomic E-state index is -4.66. The highest BCUT2D eigenvalue weighted by atomic mass is 19.4. The summed E-state index contributed by atoms with van der Waals surface area (Å²) < 4.78 is 40.7. The molecule has 1 aromatic rings. The van der Waals surface area contributed by atoms with Crippen LogP contribution in [0.1, 0.15) is 38.3 Å².